The second-order valence-electron chi connectivity index (χ2n) is 9.74. The molecule has 1 aliphatic rings. The second kappa shape index (κ2) is 8.36. The van der Waals surface area contributed by atoms with Crippen LogP contribution >= 0.6 is 11.3 Å². The van der Waals surface area contributed by atoms with Crippen LogP contribution in [0.5, 0.6) is 0 Å². The summed E-state index contributed by atoms with van der Waals surface area (Å²) in [4.78, 5) is 17.8. The van der Waals surface area contributed by atoms with Crippen molar-refractivity contribution in [2.24, 2.45) is 5.41 Å². The molecule has 0 spiro atoms. The first kappa shape index (κ1) is 23.6. The van der Waals surface area contributed by atoms with Gasteiger partial charge in [-0.3, -0.25) is 0 Å². The Morgan fingerprint density at radius 3 is 2.55 bits per heavy atom. The lowest BCUT2D eigenvalue weighted by atomic mass is 9.75. The molecule has 2 atom stereocenters. The van der Waals surface area contributed by atoms with E-state index in [4.69, 9.17) is 0 Å². The molecule has 1 amide bonds. The molecule has 33 heavy (non-hydrogen) atoms. The van der Waals surface area contributed by atoms with Crippen molar-refractivity contribution < 1.29 is 22.7 Å². The number of carboxylic acid groups (broad SMARTS) is 1. The minimum Gasteiger partial charge on any atom is -0.465 e. The van der Waals surface area contributed by atoms with Gasteiger partial charge in [0.05, 0.1) is 15.1 Å². The predicted molar refractivity (Wildman–Crippen MR) is 128 cm³/mol. The van der Waals surface area contributed by atoms with Crippen LogP contribution in [0.4, 0.5) is 9.18 Å². The maximum Gasteiger partial charge on any atom is 0.407 e. The third-order valence-electron chi connectivity index (χ3n) is 6.33. The van der Waals surface area contributed by atoms with Crippen molar-refractivity contribution in [2.45, 2.75) is 50.5 Å². The van der Waals surface area contributed by atoms with Gasteiger partial charge in [0.1, 0.15) is 10.8 Å². The molecule has 1 N–H and O–H groups in total. The van der Waals surface area contributed by atoms with Crippen molar-refractivity contribution in [3.8, 4) is 10.6 Å². The molecule has 2 aromatic carbocycles. The molecule has 0 radical (unpaired) electrons. The summed E-state index contributed by atoms with van der Waals surface area (Å²) in [6.07, 6.45) is 1.64. The first-order valence-electron chi connectivity index (χ1n) is 10.7. The number of rotatable bonds is 3. The van der Waals surface area contributed by atoms with Crippen LogP contribution in [0.1, 0.15) is 45.1 Å². The lowest BCUT2D eigenvalue weighted by Gasteiger charge is -2.44. The van der Waals surface area contributed by atoms with E-state index in [1.54, 1.807) is 4.90 Å². The maximum absolute atomic E-state index is 14.7. The minimum atomic E-state index is -3.49. The second-order valence-corrected chi connectivity index (χ2v) is 12.8. The Balaban J connectivity index is 1.65. The molecule has 0 bridgehead atoms. The van der Waals surface area contributed by atoms with Crippen LogP contribution < -0.4 is 0 Å². The number of benzene rings is 2. The molecule has 1 aromatic heterocycles. The third-order valence-corrected chi connectivity index (χ3v) is 8.51. The number of piperidine rings is 1. The highest BCUT2D eigenvalue weighted by Crippen LogP contribution is 2.40. The van der Waals surface area contributed by atoms with Gasteiger partial charge in [-0.2, -0.15) is 0 Å². The van der Waals surface area contributed by atoms with Crippen LogP contribution in [0, 0.1) is 11.2 Å². The molecular weight excluding hydrogens is 463 g/mol. The quantitative estimate of drug-likeness (QED) is 0.503. The van der Waals surface area contributed by atoms with E-state index < -0.39 is 21.7 Å². The van der Waals surface area contributed by atoms with Gasteiger partial charge in [0.25, 0.3) is 0 Å². The fraction of sp³-hybridized carbons (Fsp3) is 0.417. The maximum atomic E-state index is 14.7. The summed E-state index contributed by atoms with van der Waals surface area (Å²) in [5, 5.41) is 10.1. The number of thiazole rings is 1. The zero-order valence-electron chi connectivity index (χ0n) is 19.0. The number of hydrogen-bond acceptors (Lipinski definition) is 5. The highest BCUT2D eigenvalue weighted by atomic mass is 32.2. The van der Waals surface area contributed by atoms with Crippen LogP contribution in [0.3, 0.4) is 0 Å². The summed E-state index contributed by atoms with van der Waals surface area (Å²) in [5.41, 5.74) is 1.95. The van der Waals surface area contributed by atoms with Gasteiger partial charge in [-0.25, -0.2) is 22.6 Å². The number of fused-ring (bicyclic) bond motifs is 1. The summed E-state index contributed by atoms with van der Waals surface area (Å²) < 4.78 is 39.0. The molecule has 2 unspecified atom stereocenters. The normalized spacial score (nSPS) is 19.7. The molecule has 9 heteroatoms. The molecule has 2 heterocycles. The van der Waals surface area contributed by atoms with Crippen LogP contribution in [0.2, 0.25) is 0 Å². The molecule has 6 nitrogen and oxygen atoms in total. The van der Waals surface area contributed by atoms with Crippen LogP contribution in [0.25, 0.3) is 20.8 Å². The summed E-state index contributed by atoms with van der Waals surface area (Å²) in [5.74, 6) is -0.406. The predicted octanol–water partition coefficient (Wildman–Crippen LogP) is 5.78. The van der Waals surface area contributed by atoms with Crippen LogP contribution in [-0.2, 0) is 9.84 Å². The molecule has 1 fully saturated rings. The Labute approximate surface area is 197 Å². The number of sulfone groups is 1. The Hall–Kier alpha value is -2.52. The van der Waals surface area contributed by atoms with Gasteiger partial charge in [0.2, 0.25) is 0 Å². The number of aromatic nitrogens is 1. The highest BCUT2D eigenvalue weighted by Gasteiger charge is 2.39. The average Bonchev–Trinajstić information content (AvgIpc) is 3.14. The van der Waals surface area contributed by atoms with E-state index in [2.05, 4.69) is 25.8 Å². The third kappa shape index (κ3) is 4.75. The molecule has 176 valence electrons. The fourth-order valence-corrected chi connectivity index (χ4v) is 6.14. The Kier molecular flexibility index (Phi) is 5.99. The van der Waals surface area contributed by atoms with E-state index in [-0.39, 0.29) is 27.8 Å². The van der Waals surface area contributed by atoms with E-state index in [0.29, 0.717) is 11.6 Å². The average molecular weight is 491 g/mol. The van der Waals surface area contributed by atoms with E-state index in [1.807, 2.05) is 18.2 Å². The number of carbonyl (C=O) groups is 1. The van der Waals surface area contributed by atoms with Gasteiger partial charge in [-0.05, 0) is 60.1 Å². The first-order chi connectivity index (χ1) is 15.3. The van der Waals surface area contributed by atoms with Crippen molar-refractivity contribution in [1.29, 1.82) is 0 Å². The molecular formula is C24H27FN2O4S2. The van der Waals surface area contributed by atoms with E-state index in [1.165, 1.54) is 23.5 Å². The van der Waals surface area contributed by atoms with Gasteiger partial charge in [0, 0.05) is 24.4 Å². The highest BCUT2D eigenvalue weighted by molar-refractivity contribution is 7.90. The van der Waals surface area contributed by atoms with E-state index in [0.717, 1.165) is 40.9 Å². The van der Waals surface area contributed by atoms with Crippen LogP contribution in [0.15, 0.2) is 41.3 Å². The lowest BCUT2D eigenvalue weighted by molar-refractivity contribution is 0.0526. The minimum absolute atomic E-state index is 0.0618. The molecule has 3 aromatic rings. The number of nitrogens with zero attached hydrogens (tertiary/aromatic N) is 2. The van der Waals surface area contributed by atoms with Gasteiger partial charge < -0.3 is 10.0 Å². The monoisotopic (exact) mass is 490 g/mol. The Morgan fingerprint density at radius 1 is 1.21 bits per heavy atom. The number of halogens is 1. The zero-order chi connectivity index (χ0) is 24.1. The summed E-state index contributed by atoms with van der Waals surface area (Å²) in [6, 6.07) is 9.84. The van der Waals surface area contributed by atoms with E-state index in [9.17, 15) is 22.7 Å². The number of likely N-dealkylation sites (tertiary alicyclic amines) is 1. The smallest absolute Gasteiger partial charge is 0.407 e. The SMILES string of the molecule is CC(C)(C)C1CC(c2ccc3sc(-c4ccc(S(C)(=O)=O)cc4F)nc3c2)CCN1C(=O)O. The van der Waals surface area contributed by atoms with Crippen molar-refractivity contribution >= 4 is 37.5 Å². The molecule has 0 aliphatic carbocycles. The standard InChI is InChI=1S/C24H27FN2O4S2/c1-24(2,3)21-12-15(9-10-27(21)23(28)29)14-5-8-20-19(11-14)26-22(32-20)17-7-6-16(13-18(17)25)33(4,30)31/h5-8,11,13,15,21H,9-10,12H2,1-4H3,(H,28,29). The summed E-state index contributed by atoms with van der Waals surface area (Å²) >= 11 is 1.36. The van der Waals surface area contributed by atoms with Crippen molar-refractivity contribution in [3.05, 3.63) is 47.8 Å². The van der Waals surface area contributed by atoms with Gasteiger partial charge in [0.15, 0.2) is 9.84 Å². The molecule has 4 rings (SSSR count). The Morgan fingerprint density at radius 2 is 1.94 bits per heavy atom. The van der Waals surface area contributed by atoms with Crippen molar-refractivity contribution in [2.75, 3.05) is 12.8 Å². The van der Waals surface area contributed by atoms with Gasteiger partial charge in [-0.15, -0.1) is 11.3 Å². The molecule has 0 saturated carbocycles. The van der Waals surface area contributed by atoms with Crippen molar-refractivity contribution in [3.63, 3.8) is 0 Å². The largest absolute Gasteiger partial charge is 0.465 e. The molecule has 1 saturated heterocycles. The summed E-state index contributed by atoms with van der Waals surface area (Å²) in [6.45, 7) is 6.68. The number of amides is 1. The topological polar surface area (TPSA) is 87.6 Å². The van der Waals surface area contributed by atoms with Gasteiger partial charge >= 0.3 is 6.09 Å². The van der Waals surface area contributed by atoms with E-state index >= 15 is 0 Å². The van der Waals surface area contributed by atoms with Gasteiger partial charge in [-0.1, -0.05) is 26.8 Å². The summed E-state index contributed by atoms with van der Waals surface area (Å²) in [7, 11) is -3.49. The van der Waals surface area contributed by atoms with Crippen molar-refractivity contribution in [1.82, 2.24) is 9.88 Å². The number of hydrogen-bond donors (Lipinski definition) is 1. The fourth-order valence-electron chi connectivity index (χ4n) is 4.53. The molecule has 1 aliphatic heterocycles. The Bertz CT molecular complexity index is 1330. The van der Waals surface area contributed by atoms with Crippen LogP contribution in [-0.4, -0.2) is 48.3 Å². The lowest BCUT2D eigenvalue weighted by Crippen LogP contribution is -2.51. The first-order valence-corrected chi connectivity index (χ1v) is 13.5. The zero-order valence-corrected chi connectivity index (χ0v) is 20.6.